The van der Waals surface area contributed by atoms with E-state index in [-0.39, 0.29) is 11.2 Å². The lowest BCUT2D eigenvalue weighted by atomic mass is 10.0. The number of hydrazine groups is 1. The number of rotatable bonds is 3. The van der Waals surface area contributed by atoms with Crippen molar-refractivity contribution in [2.24, 2.45) is 11.6 Å². The molecule has 0 atom stereocenters. The van der Waals surface area contributed by atoms with Gasteiger partial charge in [0.1, 0.15) is 0 Å². The quantitative estimate of drug-likeness (QED) is 0.486. The van der Waals surface area contributed by atoms with Crippen LogP contribution in [0.4, 0.5) is 0 Å². The summed E-state index contributed by atoms with van der Waals surface area (Å²) in [5, 5.41) is 1.83. The van der Waals surface area contributed by atoms with Crippen LogP contribution in [0.15, 0.2) is 30.3 Å². The van der Waals surface area contributed by atoms with Gasteiger partial charge >= 0.3 is 0 Å². The first-order valence-electron chi connectivity index (χ1n) is 6.26. The molecule has 4 nitrogen and oxygen atoms in total. The van der Waals surface area contributed by atoms with Gasteiger partial charge in [0.15, 0.2) is 5.11 Å². The van der Waals surface area contributed by atoms with Gasteiger partial charge in [-0.3, -0.25) is 9.91 Å². The predicted molar refractivity (Wildman–Crippen MR) is 77.6 cm³/mol. The minimum Gasteiger partial charge on any atom is -0.375 e. The van der Waals surface area contributed by atoms with Gasteiger partial charge in [0.05, 0.1) is 0 Å². The fourth-order valence-electron chi connectivity index (χ4n) is 2.38. The number of nitrogens with two attached hydrogens (primary N) is 2. The fraction of sp³-hybridized carbons (Fsp3) is 0.462. The zero-order valence-corrected chi connectivity index (χ0v) is 11.3. The summed E-state index contributed by atoms with van der Waals surface area (Å²) in [4.78, 5) is 2.44. The molecule has 1 aliphatic rings. The molecule has 98 valence electrons. The third-order valence-electron chi connectivity index (χ3n) is 3.45. The maximum atomic E-state index is 5.84. The van der Waals surface area contributed by atoms with Crippen LogP contribution in [0.2, 0.25) is 0 Å². The second-order valence-corrected chi connectivity index (χ2v) is 5.16. The van der Waals surface area contributed by atoms with Crippen LogP contribution in [0, 0.1) is 0 Å². The number of nitrogens with zero attached hydrogens (tertiary/aromatic N) is 2. The SMILES string of the molecule is NC(=S)N(N)C1CCN(Cc2ccccc2)CC1. The van der Waals surface area contributed by atoms with Gasteiger partial charge in [0, 0.05) is 25.7 Å². The minimum absolute atomic E-state index is 0.287. The molecular weight excluding hydrogens is 244 g/mol. The number of benzene rings is 1. The lowest BCUT2D eigenvalue weighted by Crippen LogP contribution is -2.52. The number of piperidine rings is 1. The predicted octanol–water partition coefficient (Wildman–Crippen LogP) is 1.07. The fourth-order valence-corrected chi connectivity index (χ4v) is 2.53. The van der Waals surface area contributed by atoms with Gasteiger partial charge in [-0.25, -0.2) is 5.84 Å². The molecule has 4 N–H and O–H groups in total. The van der Waals surface area contributed by atoms with E-state index in [0.717, 1.165) is 32.5 Å². The highest BCUT2D eigenvalue weighted by atomic mass is 32.1. The smallest absolute Gasteiger partial charge is 0.180 e. The summed E-state index contributed by atoms with van der Waals surface area (Å²) in [5.74, 6) is 5.84. The molecule has 1 aliphatic heterocycles. The van der Waals surface area contributed by atoms with Crippen molar-refractivity contribution in [3.05, 3.63) is 35.9 Å². The van der Waals surface area contributed by atoms with Crippen molar-refractivity contribution < 1.29 is 0 Å². The number of thiocarbonyl (C=S) groups is 1. The molecule has 0 bridgehead atoms. The highest BCUT2D eigenvalue weighted by Gasteiger charge is 2.23. The minimum atomic E-state index is 0.287. The Labute approximate surface area is 114 Å². The summed E-state index contributed by atoms with van der Waals surface area (Å²) in [6.07, 6.45) is 2.03. The summed E-state index contributed by atoms with van der Waals surface area (Å²) in [6.45, 7) is 3.08. The van der Waals surface area contributed by atoms with E-state index in [1.54, 1.807) is 0 Å². The molecule has 2 rings (SSSR count). The topological polar surface area (TPSA) is 58.5 Å². The first-order chi connectivity index (χ1) is 8.66. The summed E-state index contributed by atoms with van der Waals surface area (Å²) < 4.78 is 0. The zero-order chi connectivity index (χ0) is 13.0. The number of likely N-dealkylation sites (tertiary alicyclic amines) is 1. The molecule has 0 radical (unpaired) electrons. The first-order valence-corrected chi connectivity index (χ1v) is 6.67. The molecule has 1 aromatic carbocycles. The summed E-state index contributed by atoms with van der Waals surface area (Å²) in [5.41, 5.74) is 6.90. The van der Waals surface area contributed by atoms with Gasteiger partial charge in [-0.1, -0.05) is 30.3 Å². The standard InChI is InChI=1S/C13H20N4S/c14-13(18)17(15)12-6-8-16(9-7-12)10-11-4-2-1-3-5-11/h1-5,12H,6-10,15H2,(H2,14,18). The van der Waals surface area contributed by atoms with Gasteiger partial charge in [-0.15, -0.1) is 0 Å². The molecule has 1 aromatic rings. The summed E-state index contributed by atoms with van der Waals surface area (Å²) in [7, 11) is 0. The Morgan fingerprint density at radius 2 is 1.89 bits per heavy atom. The Morgan fingerprint density at radius 1 is 1.28 bits per heavy atom. The Morgan fingerprint density at radius 3 is 2.44 bits per heavy atom. The van der Waals surface area contributed by atoms with E-state index in [9.17, 15) is 0 Å². The van der Waals surface area contributed by atoms with Crippen LogP contribution >= 0.6 is 12.2 Å². The number of hydrogen-bond donors (Lipinski definition) is 2. The Bertz CT molecular complexity index is 387. The second-order valence-electron chi connectivity index (χ2n) is 4.74. The molecule has 0 aliphatic carbocycles. The maximum absolute atomic E-state index is 5.84. The van der Waals surface area contributed by atoms with Gasteiger partial charge in [0.2, 0.25) is 0 Å². The number of hydrogen-bond acceptors (Lipinski definition) is 3. The zero-order valence-electron chi connectivity index (χ0n) is 10.5. The second kappa shape index (κ2) is 6.13. The van der Waals surface area contributed by atoms with Gasteiger partial charge in [0.25, 0.3) is 0 Å². The monoisotopic (exact) mass is 264 g/mol. The van der Waals surface area contributed by atoms with Crippen molar-refractivity contribution in [1.29, 1.82) is 0 Å². The maximum Gasteiger partial charge on any atom is 0.180 e. The normalized spacial score (nSPS) is 17.6. The highest BCUT2D eigenvalue weighted by molar-refractivity contribution is 7.80. The van der Waals surface area contributed by atoms with Crippen molar-refractivity contribution in [1.82, 2.24) is 9.91 Å². The Kier molecular flexibility index (Phi) is 4.52. The Balaban J connectivity index is 1.82. The van der Waals surface area contributed by atoms with Crippen molar-refractivity contribution in [2.45, 2.75) is 25.4 Å². The van der Waals surface area contributed by atoms with Crippen LogP contribution in [0.25, 0.3) is 0 Å². The molecule has 1 heterocycles. The van der Waals surface area contributed by atoms with Crippen LogP contribution in [-0.2, 0) is 6.54 Å². The van der Waals surface area contributed by atoms with E-state index in [1.807, 2.05) is 6.07 Å². The van der Waals surface area contributed by atoms with Crippen molar-refractivity contribution >= 4 is 17.3 Å². The molecular formula is C13H20N4S. The molecule has 0 aromatic heterocycles. The molecule has 5 heteroatoms. The molecule has 0 saturated carbocycles. The van der Waals surface area contributed by atoms with Gasteiger partial charge in [-0.05, 0) is 30.6 Å². The largest absolute Gasteiger partial charge is 0.375 e. The van der Waals surface area contributed by atoms with Crippen molar-refractivity contribution in [3.8, 4) is 0 Å². The molecule has 0 spiro atoms. The van der Waals surface area contributed by atoms with E-state index in [4.69, 9.17) is 23.8 Å². The highest BCUT2D eigenvalue weighted by Crippen LogP contribution is 2.16. The van der Waals surface area contributed by atoms with Gasteiger partial charge in [-0.2, -0.15) is 0 Å². The van der Waals surface area contributed by atoms with Crippen LogP contribution in [0.5, 0.6) is 0 Å². The van der Waals surface area contributed by atoms with Crippen LogP contribution < -0.4 is 11.6 Å². The van der Waals surface area contributed by atoms with E-state index in [2.05, 4.69) is 29.2 Å². The molecule has 0 amide bonds. The van der Waals surface area contributed by atoms with E-state index in [0.29, 0.717) is 0 Å². The van der Waals surface area contributed by atoms with Crippen molar-refractivity contribution in [2.75, 3.05) is 13.1 Å². The molecule has 1 fully saturated rings. The van der Waals surface area contributed by atoms with Crippen LogP contribution in [-0.4, -0.2) is 34.2 Å². The molecule has 0 unspecified atom stereocenters. The van der Waals surface area contributed by atoms with E-state index in [1.165, 1.54) is 10.6 Å². The summed E-state index contributed by atoms with van der Waals surface area (Å²) >= 11 is 4.90. The average molecular weight is 264 g/mol. The van der Waals surface area contributed by atoms with Gasteiger partial charge < -0.3 is 5.73 Å². The van der Waals surface area contributed by atoms with Crippen LogP contribution in [0.1, 0.15) is 18.4 Å². The molecule has 18 heavy (non-hydrogen) atoms. The lowest BCUT2D eigenvalue weighted by Gasteiger charge is -2.36. The van der Waals surface area contributed by atoms with E-state index < -0.39 is 0 Å². The molecule has 1 saturated heterocycles. The average Bonchev–Trinajstić information content (AvgIpc) is 2.40. The van der Waals surface area contributed by atoms with Crippen LogP contribution in [0.3, 0.4) is 0 Å². The summed E-state index contributed by atoms with van der Waals surface area (Å²) in [6, 6.07) is 10.8. The lowest BCUT2D eigenvalue weighted by molar-refractivity contribution is 0.149. The third-order valence-corrected chi connectivity index (χ3v) is 3.66. The van der Waals surface area contributed by atoms with Crippen molar-refractivity contribution in [3.63, 3.8) is 0 Å². The third kappa shape index (κ3) is 3.41. The first kappa shape index (κ1) is 13.3. The van der Waals surface area contributed by atoms with E-state index >= 15 is 0 Å². The Hall–Kier alpha value is -1.17.